The number of aryl methyl sites for hydroxylation is 2. The lowest BCUT2D eigenvalue weighted by molar-refractivity contribution is -0.0117. The summed E-state index contributed by atoms with van der Waals surface area (Å²) in [6, 6.07) is 9.96. The van der Waals surface area contributed by atoms with Gasteiger partial charge in [0.1, 0.15) is 16.4 Å². The maximum Gasteiger partial charge on any atom is 0.260 e. The third kappa shape index (κ3) is 5.82. The minimum Gasteiger partial charge on any atom is -0.468 e. The molecule has 0 aliphatic rings. The lowest BCUT2D eigenvalue weighted by Gasteiger charge is -2.24. The van der Waals surface area contributed by atoms with Crippen molar-refractivity contribution in [2.45, 2.75) is 53.0 Å². The van der Waals surface area contributed by atoms with E-state index in [9.17, 15) is 9.90 Å². The molecule has 2 N–H and O–H groups in total. The number of furan rings is 1. The van der Waals surface area contributed by atoms with Gasteiger partial charge >= 0.3 is 0 Å². The molecule has 1 atom stereocenters. The molecule has 0 radical (unpaired) electrons. The van der Waals surface area contributed by atoms with Gasteiger partial charge in [0.15, 0.2) is 0 Å². The largest absolute Gasteiger partial charge is 0.468 e. The lowest BCUT2D eigenvalue weighted by atomic mass is 9.99. The van der Waals surface area contributed by atoms with Crippen LogP contribution < -0.4 is 5.56 Å². The number of thiophene rings is 1. The van der Waals surface area contributed by atoms with Crippen LogP contribution in [0.5, 0.6) is 0 Å². The van der Waals surface area contributed by atoms with Crippen LogP contribution in [-0.4, -0.2) is 45.3 Å². The van der Waals surface area contributed by atoms with Crippen molar-refractivity contribution >= 4 is 21.6 Å². The first kappa shape index (κ1) is 24.3. The third-order valence-electron chi connectivity index (χ3n) is 5.59. The van der Waals surface area contributed by atoms with Crippen molar-refractivity contribution in [1.82, 2.24) is 14.9 Å². The first-order chi connectivity index (χ1) is 16.3. The van der Waals surface area contributed by atoms with Crippen LogP contribution in [0, 0.1) is 13.8 Å². The van der Waals surface area contributed by atoms with E-state index in [4.69, 9.17) is 14.1 Å². The standard InChI is InChI=1S/C26H31N3O4S/c1-16(2)33-14-19(30)11-29(12-20-6-5-9-32-20)13-23-27-25(31)24-22(15-34-26(24)28-23)21-8-7-17(3)10-18(21)4/h5-10,15-16,19,30H,11-14H2,1-4H3,(H,27,28,31)/t19-/m1/s1. The van der Waals surface area contributed by atoms with Crippen molar-refractivity contribution in [3.63, 3.8) is 0 Å². The smallest absolute Gasteiger partial charge is 0.260 e. The molecule has 8 heteroatoms. The minimum atomic E-state index is -0.675. The first-order valence-electron chi connectivity index (χ1n) is 11.4. The molecule has 0 fully saturated rings. The van der Waals surface area contributed by atoms with Gasteiger partial charge in [0, 0.05) is 17.5 Å². The van der Waals surface area contributed by atoms with Gasteiger partial charge in [0.05, 0.1) is 43.6 Å². The Bertz CT molecular complexity index is 1290. The van der Waals surface area contributed by atoms with Gasteiger partial charge in [-0.25, -0.2) is 4.98 Å². The highest BCUT2D eigenvalue weighted by Crippen LogP contribution is 2.33. The number of hydrogen-bond donors (Lipinski definition) is 2. The van der Waals surface area contributed by atoms with Gasteiger partial charge in [-0.05, 0) is 51.0 Å². The molecule has 3 heterocycles. The molecule has 0 aliphatic heterocycles. The van der Waals surface area contributed by atoms with E-state index in [-0.39, 0.29) is 18.3 Å². The van der Waals surface area contributed by atoms with E-state index in [1.54, 1.807) is 6.26 Å². The highest BCUT2D eigenvalue weighted by molar-refractivity contribution is 7.17. The Morgan fingerprint density at radius 3 is 2.74 bits per heavy atom. The number of benzene rings is 1. The lowest BCUT2D eigenvalue weighted by Crippen LogP contribution is -2.35. The van der Waals surface area contributed by atoms with E-state index in [0.717, 1.165) is 22.5 Å². The molecule has 4 rings (SSSR count). The molecule has 0 amide bonds. The Morgan fingerprint density at radius 2 is 2.03 bits per heavy atom. The summed E-state index contributed by atoms with van der Waals surface area (Å²) in [5.41, 5.74) is 4.12. The molecule has 34 heavy (non-hydrogen) atoms. The van der Waals surface area contributed by atoms with Crippen LogP contribution in [0.2, 0.25) is 0 Å². The topological polar surface area (TPSA) is 91.6 Å². The third-order valence-corrected chi connectivity index (χ3v) is 6.46. The zero-order chi connectivity index (χ0) is 24.2. The molecule has 0 aliphatic carbocycles. The van der Waals surface area contributed by atoms with Crippen LogP contribution in [0.15, 0.2) is 51.2 Å². The Kier molecular flexibility index (Phi) is 7.63. The fourth-order valence-corrected chi connectivity index (χ4v) is 5.01. The zero-order valence-electron chi connectivity index (χ0n) is 20.0. The van der Waals surface area contributed by atoms with Crippen molar-refractivity contribution in [2.24, 2.45) is 0 Å². The van der Waals surface area contributed by atoms with E-state index in [1.165, 1.54) is 16.9 Å². The molecule has 180 valence electrons. The molecule has 0 spiro atoms. The summed E-state index contributed by atoms with van der Waals surface area (Å²) in [6.07, 6.45) is 0.988. The molecular formula is C26H31N3O4S. The normalized spacial score (nSPS) is 12.8. The van der Waals surface area contributed by atoms with Gasteiger partial charge in [0.2, 0.25) is 0 Å². The number of nitrogens with one attached hydrogen (secondary N) is 1. The van der Waals surface area contributed by atoms with E-state index >= 15 is 0 Å². The van der Waals surface area contributed by atoms with Crippen LogP contribution in [0.25, 0.3) is 21.3 Å². The number of aromatic nitrogens is 2. The molecular weight excluding hydrogens is 450 g/mol. The SMILES string of the molecule is Cc1ccc(-c2csc3nc(CN(Cc4ccco4)C[C@@H](O)COC(C)C)[nH]c(=O)c23)c(C)c1. The highest BCUT2D eigenvalue weighted by atomic mass is 32.1. The van der Waals surface area contributed by atoms with Crippen LogP contribution in [0.1, 0.15) is 36.6 Å². The number of ether oxygens (including phenoxy) is 1. The molecule has 0 unspecified atom stereocenters. The summed E-state index contributed by atoms with van der Waals surface area (Å²) in [7, 11) is 0. The van der Waals surface area contributed by atoms with Crippen molar-refractivity contribution in [3.8, 4) is 11.1 Å². The van der Waals surface area contributed by atoms with Crippen LogP contribution in [0.4, 0.5) is 0 Å². The number of hydrogen-bond acceptors (Lipinski definition) is 7. The Balaban J connectivity index is 1.60. The number of rotatable bonds is 10. The molecule has 7 nitrogen and oxygen atoms in total. The second-order valence-corrected chi connectivity index (χ2v) is 9.80. The maximum atomic E-state index is 13.1. The monoisotopic (exact) mass is 481 g/mol. The van der Waals surface area contributed by atoms with E-state index in [1.807, 2.05) is 36.3 Å². The number of aliphatic hydroxyl groups is 1. The molecule has 3 aromatic heterocycles. The average Bonchev–Trinajstić information content (AvgIpc) is 3.42. The van der Waals surface area contributed by atoms with Crippen molar-refractivity contribution < 1.29 is 14.3 Å². The van der Waals surface area contributed by atoms with Crippen molar-refractivity contribution in [1.29, 1.82) is 0 Å². The number of nitrogens with zero attached hydrogens (tertiary/aromatic N) is 2. The Morgan fingerprint density at radius 1 is 1.21 bits per heavy atom. The summed E-state index contributed by atoms with van der Waals surface area (Å²) in [5, 5.41) is 13.1. The minimum absolute atomic E-state index is 0.0405. The van der Waals surface area contributed by atoms with Crippen molar-refractivity contribution in [3.05, 3.63) is 75.0 Å². The summed E-state index contributed by atoms with van der Waals surface area (Å²) < 4.78 is 11.1. The van der Waals surface area contributed by atoms with Gasteiger partial charge in [-0.3, -0.25) is 9.69 Å². The molecule has 0 bridgehead atoms. The van der Waals surface area contributed by atoms with E-state index in [2.05, 4.69) is 37.0 Å². The predicted molar refractivity (Wildman–Crippen MR) is 135 cm³/mol. The number of H-pyrrole nitrogens is 1. The fourth-order valence-electron chi connectivity index (χ4n) is 4.06. The summed E-state index contributed by atoms with van der Waals surface area (Å²) in [5.74, 6) is 1.32. The molecule has 0 saturated heterocycles. The second kappa shape index (κ2) is 10.7. The molecule has 4 aromatic rings. The summed E-state index contributed by atoms with van der Waals surface area (Å²) in [6.45, 7) is 9.42. The summed E-state index contributed by atoms with van der Waals surface area (Å²) in [4.78, 5) is 23.6. The Hall–Kier alpha value is -2.78. The van der Waals surface area contributed by atoms with Crippen molar-refractivity contribution in [2.75, 3.05) is 13.2 Å². The van der Waals surface area contributed by atoms with E-state index in [0.29, 0.717) is 35.7 Å². The van der Waals surface area contributed by atoms with Crippen LogP contribution in [-0.2, 0) is 17.8 Å². The number of aliphatic hydroxyl groups excluding tert-OH is 1. The van der Waals surface area contributed by atoms with Crippen LogP contribution >= 0.6 is 11.3 Å². The predicted octanol–water partition coefficient (Wildman–Crippen LogP) is 4.65. The van der Waals surface area contributed by atoms with Gasteiger partial charge in [-0.1, -0.05) is 23.8 Å². The average molecular weight is 482 g/mol. The van der Waals surface area contributed by atoms with Gasteiger partial charge in [0.25, 0.3) is 5.56 Å². The maximum absolute atomic E-state index is 13.1. The van der Waals surface area contributed by atoms with Gasteiger partial charge in [-0.2, -0.15) is 0 Å². The quantitative estimate of drug-likeness (QED) is 0.343. The molecule has 0 saturated carbocycles. The zero-order valence-corrected chi connectivity index (χ0v) is 20.8. The number of fused-ring (bicyclic) bond motifs is 1. The molecule has 1 aromatic carbocycles. The first-order valence-corrected chi connectivity index (χ1v) is 12.3. The highest BCUT2D eigenvalue weighted by Gasteiger charge is 2.19. The Labute approximate surface area is 203 Å². The van der Waals surface area contributed by atoms with Crippen LogP contribution in [0.3, 0.4) is 0 Å². The van der Waals surface area contributed by atoms with Gasteiger partial charge in [-0.15, -0.1) is 11.3 Å². The summed E-state index contributed by atoms with van der Waals surface area (Å²) >= 11 is 1.47. The van der Waals surface area contributed by atoms with Gasteiger partial charge < -0.3 is 19.2 Å². The van der Waals surface area contributed by atoms with E-state index < -0.39 is 6.10 Å². The second-order valence-electron chi connectivity index (χ2n) is 8.95. The fraction of sp³-hybridized carbons (Fsp3) is 0.385. The number of aromatic amines is 1.